The van der Waals surface area contributed by atoms with Gasteiger partial charge in [-0.05, 0) is 38.0 Å². The van der Waals surface area contributed by atoms with Crippen molar-refractivity contribution >= 4 is 11.8 Å². The fourth-order valence-electron chi connectivity index (χ4n) is 4.67. The van der Waals surface area contributed by atoms with Gasteiger partial charge in [0.05, 0.1) is 11.6 Å². The number of piperidine rings is 1. The second-order valence-corrected chi connectivity index (χ2v) is 9.29. The first kappa shape index (κ1) is 21.6. The van der Waals surface area contributed by atoms with Crippen molar-refractivity contribution in [3.05, 3.63) is 41.7 Å². The number of carbonyl (C=O) groups excluding carboxylic acids is 2. The number of likely N-dealkylation sites (tertiary alicyclic amines) is 1. The van der Waals surface area contributed by atoms with Crippen molar-refractivity contribution in [3.8, 4) is 11.4 Å². The molecule has 1 aromatic heterocycles. The molecule has 31 heavy (non-hydrogen) atoms. The van der Waals surface area contributed by atoms with Crippen LogP contribution < -0.4 is 5.32 Å². The quantitative estimate of drug-likeness (QED) is 0.795. The summed E-state index contributed by atoms with van der Waals surface area (Å²) in [6.45, 7) is 6.94. The Kier molecular flexibility index (Phi) is 6.73. The highest BCUT2D eigenvalue weighted by Crippen LogP contribution is 2.29. The first-order valence-corrected chi connectivity index (χ1v) is 11.8. The van der Waals surface area contributed by atoms with Crippen molar-refractivity contribution in [1.29, 1.82) is 0 Å². The van der Waals surface area contributed by atoms with Crippen molar-refractivity contribution in [2.45, 2.75) is 58.9 Å². The fraction of sp³-hybridized carbons (Fsp3) is 0.560. The van der Waals surface area contributed by atoms with Gasteiger partial charge in [0.1, 0.15) is 11.5 Å². The van der Waals surface area contributed by atoms with Gasteiger partial charge in [-0.3, -0.25) is 9.59 Å². The molecular formula is C25H34N4O2. The zero-order chi connectivity index (χ0) is 21.8. The molecule has 0 spiro atoms. The molecule has 0 saturated carbocycles. The Labute approximate surface area is 185 Å². The van der Waals surface area contributed by atoms with Crippen LogP contribution in [0.2, 0.25) is 0 Å². The summed E-state index contributed by atoms with van der Waals surface area (Å²) >= 11 is 0. The monoisotopic (exact) mass is 422 g/mol. The summed E-state index contributed by atoms with van der Waals surface area (Å²) in [5.74, 6) is 1.23. The van der Waals surface area contributed by atoms with Crippen molar-refractivity contribution < 1.29 is 9.59 Å². The van der Waals surface area contributed by atoms with E-state index in [2.05, 4.69) is 35.9 Å². The highest BCUT2D eigenvalue weighted by Gasteiger charge is 2.32. The van der Waals surface area contributed by atoms with Crippen LogP contribution in [0.3, 0.4) is 0 Å². The van der Waals surface area contributed by atoms with E-state index in [4.69, 9.17) is 4.98 Å². The SMILES string of the molecule is CC(C)CNC(=O)C1CCCN(C(=O)c2nc(-c3ccccc3)n3c2CCCCC3)C1. The highest BCUT2D eigenvalue weighted by atomic mass is 16.2. The van der Waals surface area contributed by atoms with Crippen LogP contribution in [0.4, 0.5) is 0 Å². The third-order valence-corrected chi connectivity index (χ3v) is 6.37. The number of amides is 2. The Morgan fingerprint density at radius 1 is 1.10 bits per heavy atom. The molecule has 4 rings (SSSR count). The molecule has 166 valence electrons. The Morgan fingerprint density at radius 3 is 2.68 bits per heavy atom. The van der Waals surface area contributed by atoms with Gasteiger partial charge in [0.25, 0.3) is 5.91 Å². The van der Waals surface area contributed by atoms with Crippen LogP contribution in [0, 0.1) is 11.8 Å². The second kappa shape index (κ2) is 9.67. The maximum atomic E-state index is 13.6. The predicted molar refractivity (Wildman–Crippen MR) is 122 cm³/mol. The molecule has 1 atom stereocenters. The molecule has 6 nitrogen and oxygen atoms in total. The topological polar surface area (TPSA) is 67.2 Å². The van der Waals surface area contributed by atoms with Gasteiger partial charge >= 0.3 is 0 Å². The summed E-state index contributed by atoms with van der Waals surface area (Å²) in [6, 6.07) is 10.1. The summed E-state index contributed by atoms with van der Waals surface area (Å²) in [4.78, 5) is 32.9. The van der Waals surface area contributed by atoms with E-state index >= 15 is 0 Å². The summed E-state index contributed by atoms with van der Waals surface area (Å²) in [5.41, 5.74) is 2.70. The molecule has 2 aliphatic heterocycles. The van der Waals surface area contributed by atoms with Crippen LogP contribution in [0.5, 0.6) is 0 Å². The fourth-order valence-corrected chi connectivity index (χ4v) is 4.67. The maximum absolute atomic E-state index is 13.6. The highest BCUT2D eigenvalue weighted by molar-refractivity contribution is 5.95. The predicted octanol–water partition coefficient (Wildman–Crippen LogP) is 3.90. The minimum atomic E-state index is -0.133. The lowest BCUT2D eigenvalue weighted by atomic mass is 9.96. The Bertz CT molecular complexity index is 919. The molecule has 1 saturated heterocycles. The molecule has 1 fully saturated rings. The molecular weight excluding hydrogens is 388 g/mol. The van der Waals surface area contributed by atoms with Crippen LogP contribution in [-0.2, 0) is 17.8 Å². The molecule has 6 heteroatoms. The average Bonchev–Trinajstić information content (AvgIpc) is 2.98. The lowest BCUT2D eigenvalue weighted by Crippen LogP contribution is -2.46. The van der Waals surface area contributed by atoms with E-state index in [1.54, 1.807) is 0 Å². The van der Waals surface area contributed by atoms with Crippen LogP contribution in [0.25, 0.3) is 11.4 Å². The van der Waals surface area contributed by atoms with Crippen LogP contribution in [-0.4, -0.2) is 45.9 Å². The minimum Gasteiger partial charge on any atom is -0.356 e. The van der Waals surface area contributed by atoms with Crippen molar-refractivity contribution in [2.24, 2.45) is 11.8 Å². The number of nitrogens with one attached hydrogen (secondary N) is 1. The van der Waals surface area contributed by atoms with Gasteiger partial charge in [0.15, 0.2) is 0 Å². The average molecular weight is 423 g/mol. The van der Waals surface area contributed by atoms with E-state index in [-0.39, 0.29) is 17.7 Å². The smallest absolute Gasteiger partial charge is 0.274 e. The molecule has 3 heterocycles. The van der Waals surface area contributed by atoms with E-state index in [1.165, 1.54) is 6.42 Å². The number of hydrogen-bond acceptors (Lipinski definition) is 3. The van der Waals surface area contributed by atoms with Gasteiger partial charge in [-0.1, -0.05) is 50.6 Å². The molecule has 0 aliphatic carbocycles. The molecule has 2 aromatic rings. The third-order valence-electron chi connectivity index (χ3n) is 6.37. The Balaban J connectivity index is 1.58. The standard InChI is InChI=1S/C25H34N4O2/c1-18(2)16-26-24(30)20-12-9-14-28(17-20)25(31)22-21-13-7-4-8-15-29(21)23(27-22)19-10-5-3-6-11-19/h3,5-6,10-11,18,20H,4,7-9,12-17H2,1-2H3,(H,26,30). The third kappa shape index (κ3) is 4.83. The number of rotatable bonds is 5. The summed E-state index contributed by atoms with van der Waals surface area (Å²) in [6.07, 6.45) is 5.94. The van der Waals surface area contributed by atoms with Crippen LogP contribution >= 0.6 is 0 Å². The molecule has 0 radical (unpaired) electrons. The van der Waals surface area contributed by atoms with Crippen LogP contribution in [0.1, 0.15) is 62.1 Å². The van der Waals surface area contributed by atoms with Crippen LogP contribution in [0.15, 0.2) is 30.3 Å². The minimum absolute atomic E-state index is 0.0193. The van der Waals surface area contributed by atoms with Crippen molar-refractivity contribution in [1.82, 2.24) is 19.8 Å². The van der Waals surface area contributed by atoms with Gasteiger partial charge in [0, 0.05) is 31.7 Å². The molecule has 2 aliphatic rings. The largest absolute Gasteiger partial charge is 0.356 e. The summed E-state index contributed by atoms with van der Waals surface area (Å²) in [7, 11) is 0. The first-order valence-electron chi connectivity index (χ1n) is 11.8. The molecule has 1 unspecified atom stereocenters. The van der Waals surface area contributed by atoms with Gasteiger partial charge < -0.3 is 14.8 Å². The lowest BCUT2D eigenvalue weighted by Gasteiger charge is -2.32. The van der Waals surface area contributed by atoms with Gasteiger partial charge in [-0.25, -0.2) is 4.98 Å². The van der Waals surface area contributed by atoms with E-state index in [0.717, 1.165) is 55.7 Å². The molecule has 2 amide bonds. The number of fused-ring (bicyclic) bond motifs is 1. The first-order chi connectivity index (χ1) is 15.0. The molecule has 0 bridgehead atoms. The maximum Gasteiger partial charge on any atom is 0.274 e. The van der Waals surface area contributed by atoms with E-state index in [9.17, 15) is 9.59 Å². The van der Waals surface area contributed by atoms with Crippen molar-refractivity contribution in [2.75, 3.05) is 19.6 Å². The lowest BCUT2D eigenvalue weighted by molar-refractivity contribution is -0.126. The number of aromatic nitrogens is 2. The van der Waals surface area contributed by atoms with E-state index in [1.807, 2.05) is 23.1 Å². The number of carbonyl (C=O) groups is 2. The zero-order valence-corrected chi connectivity index (χ0v) is 18.8. The molecule has 1 aromatic carbocycles. The van der Waals surface area contributed by atoms with Crippen molar-refractivity contribution in [3.63, 3.8) is 0 Å². The van der Waals surface area contributed by atoms with Gasteiger partial charge in [0.2, 0.25) is 5.91 Å². The van der Waals surface area contributed by atoms with Gasteiger partial charge in [-0.2, -0.15) is 0 Å². The number of hydrogen-bond donors (Lipinski definition) is 1. The summed E-state index contributed by atoms with van der Waals surface area (Å²) in [5, 5.41) is 3.04. The van der Waals surface area contributed by atoms with E-state index < -0.39 is 0 Å². The Morgan fingerprint density at radius 2 is 1.90 bits per heavy atom. The number of nitrogens with zero attached hydrogens (tertiary/aromatic N) is 3. The number of imidazole rings is 1. The molecule has 1 N–H and O–H groups in total. The summed E-state index contributed by atoms with van der Waals surface area (Å²) < 4.78 is 2.26. The Hall–Kier alpha value is -2.63. The van der Waals surface area contributed by atoms with E-state index in [0.29, 0.717) is 31.2 Å². The zero-order valence-electron chi connectivity index (χ0n) is 18.8. The van der Waals surface area contributed by atoms with Gasteiger partial charge in [-0.15, -0.1) is 0 Å². The second-order valence-electron chi connectivity index (χ2n) is 9.29. The number of benzene rings is 1. The normalized spacial score (nSPS) is 19.1.